The molecule has 0 aliphatic rings. The summed E-state index contributed by atoms with van der Waals surface area (Å²) in [7, 11) is 0. The van der Waals surface area contributed by atoms with E-state index in [9.17, 15) is 9.18 Å². The van der Waals surface area contributed by atoms with Crippen LogP contribution in [-0.4, -0.2) is 12.5 Å². The van der Waals surface area contributed by atoms with Gasteiger partial charge in [0.25, 0.3) is 0 Å². The smallest absolute Gasteiger partial charge is 0.227 e. The summed E-state index contributed by atoms with van der Waals surface area (Å²) in [5.74, 6) is -0.202. The molecule has 2 rings (SSSR count). The van der Waals surface area contributed by atoms with Gasteiger partial charge in [0, 0.05) is 11.8 Å². The maximum absolute atomic E-state index is 12.9. The van der Waals surface area contributed by atoms with Gasteiger partial charge < -0.3 is 10.1 Å². The van der Waals surface area contributed by atoms with Crippen LogP contribution in [0.15, 0.2) is 48.5 Å². The molecule has 2 aromatic rings. The predicted octanol–water partition coefficient (Wildman–Crippen LogP) is 3.10. The summed E-state index contributed by atoms with van der Waals surface area (Å²) in [6.45, 7) is 0.158. The fourth-order valence-electron chi connectivity index (χ4n) is 1.67. The molecule has 1 amide bonds. The van der Waals surface area contributed by atoms with Crippen molar-refractivity contribution in [2.75, 3.05) is 11.9 Å². The van der Waals surface area contributed by atoms with E-state index in [0.717, 1.165) is 0 Å². The van der Waals surface area contributed by atoms with Crippen molar-refractivity contribution >= 4 is 11.6 Å². The minimum atomic E-state index is -0.380. The molecule has 5 heteroatoms. The summed E-state index contributed by atoms with van der Waals surface area (Å²) < 4.78 is 18.2. The molecule has 0 saturated carbocycles. The number of ether oxygens (including phenoxy) is 1. The van der Waals surface area contributed by atoms with Gasteiger partial charge in [-0.25, -0.2) is 4.39 Å². The van der Waals surface area contributed by atoms with Gasteiger partial charge in [-0.05, 0) is 36.4 Å². The molecule has 4 nitrogen and oxygen atoms in total. The number of hydrogen-bond donors (Lipinski definition) is 1. The van der Waals surface area contributed by atoms with E-state index in [-0.39, 0.29) is 24.8 Å². The van der Waals surface area contributed by atoms with E-state index in [4.69, 9.17) is 10.00 Å². The molecular weight excluding hydrogens is 271 g/mol. The Bertz CT molecular complexity index is 663. The van der Waals surface area contributed by atoms with Crippen LogP contribution in [-0.2, 0) is 4.79 Å². The van der Waals surface area contributed by atoms with Gasteiger partial charge in [0.1, 0.15) is 11.6 Å². The zero-order chi connectivity index (χ0) is 15.1. The third kappa shape index (κ3) is 4.62. The molecule has 1 N–H and O–H groups in total. The number of halogens is 1. The van der Waals surface area contributed by atoms with Gasteiger partial charge in [0.05, 0.1) is 24.7 Å². The van der Waals surface area contributed by atoms with E-state index < -0.39 is 0 Å². The van der Waals surface area contributed by atoms with Gasteiger partial charge in [-0.15, -0.1) is 0 Å². The normalized spacial score (nSPS) is 9.71. The van der Waals surface area contributed by atoms with Crippen molar-refractivity contribution in [3.63, 3.8) is 0 Å². The Morgan fingerprint density at radius 1 is 1.24 bits per heavy atom. The molecule has 0 aromatic heterocycles. The van der Waals surface area contributed by atoms with Crippen molar-refractivity contribution in [2.45, 2.75) is 6.42 Å². The maximum atomic E-state index is 12.9. The Morgan fingerprint density at radius 3 is 2.67 bits per heavy atom. The minimum absolute atomic E-state index is 0.149. The van der Waals surface area contributed by atoms with E-state index >= 15 is 0 Å². The molecule has 21 heavy (non-hydrogen) atoms. The van der Waals surface area contributed by atoms with Gasteiger partial charge in [-0.1, -0.05) is 6.07 Å². The first kappa shape index (κ1) is 14.5. The van der Waals surface area contributed by atoms with Gasteiger partial charge in [-0.2, -0.15) is 5.26 Å². The second-order valence-electron chi connectivity index (χ2n) is 4.29. The van der Waals surface area contributed by atoms with Crippen LogP contribution >= 0.6 is 0 Å². The number of hydrogen-bond acceptors (Lipinski definition) is 3. The van der Waals surface area contributed by atoms with E-state index in [0.29, 0.717) is 17.0 Å². The topological polar surface area (TPSA) is 62.1 Å². The van der Waals surface area contributed by atoms with Crippen LogP contribution in [0.3, 0.4) is 0 Å². The average molecular weight is 284 g/mol. The Morgan fingerprint density at radius 2 is 2.00 bits per heavy atom. The molecule has 0 radical (unpaired) electrons. The lowest BCUT2D eigenvalue weighted by Gasteiger charge is -2.07. The Hall–Kier alpha value is -2.87. The van der Waals surface area contributed by atoms with E-state index in [1.807, 2.05) is 6.07 Å². The summed E-state index contributed by atoms with van der Waals surface area (Å²) in [5.41, 5.74) is 1.15. The number of amides is 1. The van der Waals surface area contributed by atoms with Gasteiger partial charge >= 0.3 is 0 Å². The fraction of sp³-hybridized carbons (Fsp3) is 0.125. The SMILES string of the molecule is N#Cc1ccc(NC(=O)CCOc2cccc(F)c2)cc1. The van der Waals surface area contributed by atoms with Crippen LogP contribution in [0.4, 0.5) is 10.1 Å². The second kappa shape index (κ2) is 7.06. The van der Waals surface area contributed by atoms with E-state index in [1.54, 1.807) is 36.4 Å². The summed E-state index contributed by atoms with van der Waals surface area (Å²) in [6.07, 6.45) is 0.149. The first-order valence-electron chi connectivity index (χ1n) is 6.36. The highest BCUT2D eigenvalue weighted by Crippen LogP contribution is 2.12. The molecule has 0 bridgehead atoms. The highest BCUT2D eigenvalue weighted by atomic mass is 19.1. The highest BCUT2D eigenvalue weighted by molar-refractivity contribution is 5.90. The Balaban J connectivity index is 1.78. The maximum Gasteiger partial charge on any atom is 0.227 e. The van der Waals surface area contributed by atoms with Crippen LogP contribution in [0.1, 0.15) is 12.0 Å². The summed E-state index contributed by atoms with van der Waals surface area (Å²) in [6, 6.07) is 14.3. The van der Waals surface area contributed by atoms with Crippen LogP contribution < -0.4 is 10.1 Å². The molecular formula is C16H13FN2O2. The number of anilines is 1. The first-order valence-corrected chi connectivity index (χ1v) is 6.36. The first-order chi connectivity index (χ1) is 10.2. The monoisotopic (exact) mass is 284 g/mol. The van der Waals surface area contributed by atoms with Gasteiger partial charge in [0.2, 0.25) is 5.91 Å². The molecule has 106 valence electrons. The largest absolute Gasteiger partial charge is 0.493 e. The summed E-state index contributed by atoms with van der Waals surface area (Å²) in [4.78, 5) is 11.7. The van der Waals surface area contributed by atoms with E-state index in [1.165, 1.54) is 12.1 Å². The Kier molecular flexibility index (Phi) is 4.89. The molecule has 0 saturated heterocycles. The van der Waals surface area contributed by atoms with Crippen LogP contribution in [0.5, 0.6) is 5.75 Å². The lowest BCUT2D eigenvalue weighted by atomic mass is 10.2. The molecule has 0 unspecified atom stereocenters. The zero-order valence-electron chi connectivity index (χ0n) is 11.2. The number of rotatable bonds is 5. The Labute approximate surface area is 121 Å². The molecule has 0 spiro atoms. The number of nitriles is 1. The lowest BCUT2D eigenvalue weighted by Crippen LogP contribution is -2.15. The van der Waals surface area contributed by atoms with Crippen LogP contribution in [0.2, 0.25) is 0 Å². The number of nitrogens with zero attached hydrogens (tertiary/aromatic N) is 1. The lowest BCUT2D eigenvalue weighted by molar-refractivity contribution is -0.116. The molecule has 2 aromatic carbocycles. The number of benzene rings is 2. The number of nitrogens with one attached hydrogen (secondary N) is 1. The summed E-state index contributed by atoms with van der Waals surface area (Å²) in [5, 5.41) is 11.4. The van der Waals surface area contributed by atoms with Crippen molar-refractivity contribution < 1.29 is 13.9 Å². The zero-order valence-corrected chi connectivity index (χ0v) is 11.2. The van der Waals surface area contributed by atoms with Gasteiger partial charge in [-0.3, -0.25) is 4.79 Å². The minimum Gasteiger partial charge on any atom is -0.493 e. The van der Waals surface area contributed by atoms with Gasteiger partial charge in [0.15, 0.2) is 0 Å². The molecule has 0 aliphatic carbocycles. The van der Waals surface area contributed by atoms with Crippen molar-refractivity contribution in [2.24, 2.45) is 0 Å². The van der Waals surface area contributed by atoms with Crippen molar-refractivity contribution in [1.29, 1.82) is 5.26 Å². The second-order valence-corrected chi connectivity index (χ2v) is 4.29. The highest BCUT2D eigenvalue weighted by Gasteiger charge is 2.03. The van der Waals surface area contributed by atoms with Crippen LogP contribution in [0, 0.1) is 17.1 Å². The quantitative estimate of drug-likeness (QED) is 0.917. The molecule has 0 atom stereocenters. The predicted molar refractivity (Wildman–Crippen MR) is 76.3 cm³/mol. The van der Waals surface area contributed by atoms with Crippen molar-refractivity contribution in [3.05, 3.63) is 59.9 Å². The van der Waals surface area contributed by atoms with Crippen molar-refractivity contribution in [1.82, 2.24) is 0 Å². The summed E-state index contributed by atoms with van der Waals surface area (Å²) >= 11 is 0. The third-order valence-electron chi connectivity index (χ3n) is 2.69. The van der Waals surface area contributed by atoms with Crippen LogP contribution in [0.25, 0.3) is 0 Å². The number of carbonyl (C=O) groups is 1. The average Bonchev–Trinajstić information content (AvgIpc) is 2.48. The molecule has 0 aliphatic heterocycles. The standard InChI is InChI=1S/C16H13FN2O2/c17-13-2-1-3-15(10-13)21-9-8-16(20)19-14-6-4-12(11-18)5-7-14/h1-7,10H,8-9H2,(H,19,20). The molecule has 0 fully saturated rings. The van der Waals surface area contributed by atoms with Crippen molar-refractivity contribution in [3.8, 4) is 11.8 Å². The van der Waals surface area contributed by atoms with E-state index in [2.05, 4.69) is 5.32 Å². The molecule has 0 heterocycles. The fourth-order valence-corrected chi connectivity index (χ4v) is 1.67. The third-order valence-corrected chi connectivity index (χ3v) is 2.69. The number of carbonyl (C=O) groups excluding carboxylic acids is 1.